The molecule has 0 heterocycles. The molecule has 0 saturated carbocycles. The molecule has 136 valence electrons. The van der Waals surface area contributed by atoms with Gasteiger partial charge in [-0.15, -0.1) is 0 Å². The van der Waals surface area contributed by atoms with Crippen molar-refractivity contribution in [3.05, 3.63) is 68.8 Å². The number of ether oxygens (including phenoxy) is 2. The molecule has 0 atom stereocenters. The molecule has 7 heteroatoms. The van der Waals surface area contributed by atoms with Crippen LogP contribution in [0, 0.1) is 30.9 Å². The van der Waals surface area contributed by atoms with Crippen molar-refractivity contribution in [1.29, 1.82) is 0 Å². The third kappa shape index (κ3) is 4.89. The van der Waals surface area contributed by atoms with Gasteiger partial charge in [-0.25, -0.2) is 4.79 Å². The fraction of sp³-hybridized carbons (Fsp3) is 0.263. The number of carbonyl (C=O) groups is 2. The summed E-state index contributed by atoms with van der Waals surface area (Å²) >= 11 is 0. The number of nitrogens with zero attached hydrogens (tertiary/aromatic N) is 1. The van der Waals surface area contributed by atoms with Crippen LogP contribution in [0.5, 0.6) is 5.75 Å². The fourth-order valence-corrected chi connectivity index (χ4v) is 2.57. The highest BCUT2D eigenvalue weighted by atomic mass is 16.6. The maximum absolute atomic E-state index is 12.0. The number of aryl methyl sites for hydroxylation is 3. The number of rotatable bonds is 7. The number of hydrogen-bond acceptors (Lipinski definition) is 6. The third-order valence-electron chi connectivity index (χ3n) is 3.70. The number of benzene rings is 2. The first kappa shape index (κ1) is 19.1. The summed E-state index contributed by atoms with van der Waals surface area (Å²) < 4.78 is 10.4. The zero-order valence-electron chi connectivity index (χ0n) is 14.8. The highest BCUT2D eigenvalue weighted by Crippen LogP contribution is 2.24. The van der Waals surface area contributed by atoms with Gasteiger partial charge in [0, 0.05) is 17.7 Å². The normalized spacial score (nSPS) is 10.3. The van der Waals surface area contributed by atoms with Crippen LogP contribution in [0.2, 0.25) is 0 Å². The Morgan fingerprint density at radius 3 is 2.12 bits per heavy atom. The largest absolute Gasteiger partial charge is 0.481 e. The number of nitro benzene ring substituents is 1. The van der Waals surface area contributed by atoms with Gasteiger partial charge < -0.3 is 9.47 Å². The van der Waals surface area contributed by atoms with Crippen molar-refractivity contribution in [2.45, 2.75) is 20.8 Å². The molecule has 0 aliphatic carbocycles. The second kappa shape index (κ2) is 8.24. The molecule has 0 amide bonds. The van der Waals surface area contributed by atoms with Crippen LogP contribution in [-0.2, 0) is 9.53 Å². The molecule has 2 aromatic rings. The summed E-state index contributed by atoms with van der Waals surface area (Å²) in [6.45, 7) is 4.99. The van der Waals surface area contributed by atoms with Crippen LogP contribution in [0.3, 0.4) is 0 Å². The lowest BCUT2D eigenvalue weighted by Gasteiger charge is -2.12. The molecule has 0 aliphatic heterocycles. The number of nitro groups is 1. The molecule has 0 saturated heterocycles. The molecule has 2 rings (SSSR count). The van der Waals surface area contributed by atoms with E-state index in [-0.39, 0.29) is 17.9 Å². The molecule has 0 aliphatic rings. The molecule has 7 nitrogen and oxygen atoms in total. The summed E-state index contributed by atoms with van der Waals surface area (Å²) in [5.74, 6) is -0.496. The Kier molecular flexibility index (Phi) is 6.06. The van der Waals surface area contributed by atoms with Crippen molar-refractivity contribution in [3.63, 3.8) is 0 Å². The molecule has 0 unspecified atom stereocenters. The molecule has 0 bridgehead atoms. The minimum absolute atomic E-state index is 0.115. The van der Waals surface area contributed by atoms with Crippen LogP contribution < -0.4 is 4.74 Å². The van der Waals surface area contributed by atoms with Gasteiger partial charge in [-0.1, -0.05) is 17.7 Å². The first-order chi connectivity index (χ1) is 12.3. The van der Waals surface area contributed by atoms with Crippen LogP contribution in [0.4, 0.5) is 5.69 Å². The first-order valence-corrected chi connectivity index (χ1v) is 7.92. The lowest BCUT2D eigenvalue weighted by molar-refractivity contribution is -0.384. The van der Waals surface area contributed by atoms with E-state index in [0.717, 1.165) is 16.7 Å². The van der Waals surface area contributed by atoms with Crippen LogP contribution in [0.25, 0.3) is 0 Å². The van der Waals surface area contributed by atoms with E-state index < -0.39 is 23.3 Å². The SMILES string of the molecule is Cc1cc(C)c(OCC(=O)OCC(=O)c2ccc([N+](=O)[O-])cc2)c(C)c1. The van der Waals surface area contributed by atoms with Gasteiger partial charge >= 0.3 is 5.97 Å². The van der Waals surface area contributed by atoms with E-state index in [2.05, 4.69) is 0 Å². The molecule has 0 fully saturated rings. The molecular formula is C19H19NO6. The summed E-state index contributed by atoms with van der Waals surface area (Å²) in [6, 6.07) is 8.99. The predicted molar refractivity (Wildman–Crippen MR) is 94.5 cm³/mol. The van der Waals surface area contributed by atoms with Crippen LogP contribution in [0.15, 0.2) is 36.4 Å². The van der Waals surface area contributed by atoms with Crippen molar-refractivity contribution in [1.82, 2.24) is 0 Å². The van der Waals surface area contributed by atoms with E-state index in [1.807, 2.05) is 32.9 Å². The zero-order chi connectivity index (χ0) is 19.3. The highest BCUT2D eigenvalue weighted by molar-refractivity contribution is 5.98. The summed E-state index contributed by atoms with van der Waals surface area (Å²) in [5, 5.41) is 10.6. The molecule has 0 radical (unpaired) electrons. The van der Waals surface area contributed by atoms with E-state index in [9.17, 15) is 19.7 Å². The van der Waals surface area contributed by atoms with Gasteiger partial charge in [-0.3, -0.25) is 14.9 Å². The van der Waals surface area contributed by atoms with Crippen LogP contribution in [0.1, 0.15) is 27.0 Å². The van der Waals surface area contributed by atoms with Crippen molar-refractivity contribution >= 4 is 17.4 Å². The van der Waals surface area contributed by atoms with E-state index in [1.54, 1.807) is 0 Å². The van der Waals surface area contributed by atoms with E-state index in [1.165, 1.54) is 24.3 Å². The summed E-state index contributed by atoms with van der Waals surface area (Å²) in [5.41, 5.74) is 3.04. The Bertz CT molecular complexity index is 819. The highest BCUT2D eigenvalue weighted by Gasteiger charge is 2.13. The second-order valence-electron chi connectivity index (χ2n) is 5.90. The molecule has 0 N–H and O–H groups in total. The number of carbonyl (C=O) groups excluding carboxylic acids is 2. The van der Waals surface area contributed by atoms with Crippen LogP contribution in [-0.4, -0.2) is 29.9 Å². The van der Waals surface area contributed by atoms with E-state index >= 15 is 0 Å². The number of Topliss-reactive ketones (excluding diaryl/α,β-unsaturated/α-hetero) is 1. The van der Waals surface area contributed by atoms with Crippen molar-refractivity contribution in [3.8, 4) is 5.75 Å². The number of non-ortho nitro benzene ring substituents is 1. The van der Waals surface area contributed by atoms with Gasteiger partial charge in [0.05, 0.1) is 4.92 Å². The summed E-state index contributed by atoms with van der Waals surface area (Å²) in [7, 11) is 0. The predicted octanol–water partition coefficient (Wildman–Crippen LogP) is 3.32. The van der Waals surface area contributed by atoms with E-state index in [0.29, 0.717) is 5.75 Å². The minimum Gasteiger partial charge on any atom is -0.481 e. The molecule has 0 spiro atoms. The van der Waals surface area contributed by atoms with Crippen molar-refractivity contribution in [2.24, 2.45) is 0 Å². The lowest BCUT2D eigenvalue weighted by Crippen LogP contribution is -2.20. The van der Waals surface area contributed by atoms with Gasteiger partial charge in [0.15, 0.2) is 19.0 Å². The summed E-state index contributed by atoms with van der Waals surface area (Å²) in [6.07, 6.45) is 0. The summed E-state index contributed by atoms with van der Waals surface area (Å²) in [4.78, 5) is 33.8. The lowest BCUT2D eigenvalue weighted by atomic mass is 10.1. The monoisotopic (exact) mass is 357 g/mol. The molecule has 2 aromatic carbocycles. The van der Waals surface area contributed by atoms with Crippen molar-refractivity contribution < 1.29 is 24.0 Å². The average Bonchev–Trinajstić information content (AvgIpc) is 2.58. The number of ketones is 1. The first-order valence-electron chi connectivity index (χ1n) is 7.92. The fourth-order valence-electron chi connectivity index (χ4n) is 2.57. The number of esters is 1. The quantitative estimate of drug-likeness (QED) is 0.326. The maximum Gasteiger partial charge on any atom is 0.344 e. The Morgan fingerprint density at radius 2 is 1.58 bits per heavy atom. The minimum atomic E-state index is -0.667. The van der Waals surface area contributed by atoms with Gasteiger partial charge in [0.25, 0.3) is 5.69 Å². The van der Waals surface area contributed by atoms with E-state index in [4.69, 9.17) is 9.47 Å². The van der Waals surface area contributed by atoms with Crippen LogP contribution >= 0.6 is 0 Å². The Morgan fingerprint density at radius 1 is 1.00 bits per heavy atom. The number of hydrogen-bond donors (Lipinski definition) is 0. The Labute approximate surface area is 150 Å². The van der Waals surface area contributed by atoms with Gasteiger partial charge in [-0.05, 0) is 44.0 Å². The standard InChI is InChI=1S/C19H19NO6/c1-12-8-13(2)19(14(3)9-12)26-11-18(22)25-10-17(21)15-4-6-16(7-5-15)20(23)24/h4-9H,10-11H2,1-3H3. The Hall–Kier alpha value is -3.22. The Balaban J connectivity index is 1.87. The third-order valence-corrected chi connectivity index (χ3v) is 3.70. The molecular weight excluding hydrogens is 338 g/mol. The zero-order valence-corrected chi connectivity index (χ0v) is 14.8. The van der Waals surface area contributed by atoms with Gasteiger partial charge in [0.1, 0.15) is 5.75 Å². The molecule has 26 heavy (non-hydrogen) atoms. The second-order valence-corrected chi connectivity index (χ2v) is 5.90. The van der Waals surface area contributed by atoms with Gasteiger partial charge in [-0.2, -0.15) is 0 Å². The average molecular weight is 357 g/mol. The van der Waals surface area contributed by atoms with Crippen molar-refractivity contribution in [2.75, 3.05) is 13.2 Å². The maximum atomic E-state index is 12.0. The van der Waals surface area contributed by atoms with Gasteiger partial charge in [0.2, 0.25) is 0 Å². The smallest absolute Gasteiger partial charge is 0.344 e. The molecule has 0 aromatic heterocycles. The topological polar surface area (TPSA) is 95.7 Å².